The monoisotopic (exact) mass is 410 g/mol. The molecule has 0 saturated heterocycles. The third-order valence-corrected chi connectivity index (χ3v) is 5.11. The molecule has 0 heterocycles. The Bertz CT molecular complexity index is 643. The highest BCUT2D eigenvalue weighted by atomic mass is 16.5. The van der Waals surface area contributed by atoms with E-state index in [1.54, 1.807) is 24.3 Å². The molecule has 2 aromatic rings. The average molecular weight is 411 g/mol. The molecule has 0 fully saturated rings. The van der Waals surface area contributed by atoms with Gasteiger partial charge in [0.15, 0.2) is 0 Å². The van der Waals surface area contributed by atoms with Gasteiger partial charge in [0, 0.05) is 11.1 Å². The quantitative estimate of drug-likeness (QED) is 0.216. The molecular weight excluding hydrogens is 376 g/mol. The second-order valence-electron chi connectivity index (χ2n) is 7.61. The van der Waals surface area contributed by atoms with Gasteiger partial charge in [-0.3, -0.25) is 9.59 Å². The van der Waals surface area contributed by atoms with Crippen molar-refractivity contribution in [2.75, 3.05) is 13.2 Å². The second-order valence-corrected chi connectivity index (χ2v) is 7.61. The van der Waals surface area contributed by atoms with E-state index in [1.165, 1.54) is 51.4 Å². The van der Waals surface area contributed by atoms with Gasteiger partial charge in [-0.25, -0.2) is 0 Å². The molecule has 0 N–H and O–H groups in total. The number of benzene rings is 2. The number of rotatable bonds is 17. The van der Waals surface area contributed by atoms with E-state index in [2.05, 4.69) is 0 Å². The molecule has 30 heavy (non-hydrogen) atoms. The maximum atomic E-state index is 10.6. The first-order chi connectivity index (χ1) is 14.8. The minimum Gasteiger partial charge on any atom is -0.494 e. The van der Waals surface area contributed by atoms with E-state index in [4.69, 9.17) is 9.47 Å². The third kappa shape index (κ3) is 10.2. The van der Waals surface area contributed by atoms with Crippen LogP contribution in [0.15, 0.2) is 48.5 Å². The lowest BCUT2D eigenvalue weighted by atomic mass is 10.1. The third-order valence-electron chi connectivity index (χ3n) is 5.11. The van der Waals surface area contributed by atoms with Gasteiger partial charge in [-0.05, 0) is 61.4 Å². The van der Waals surface area contributed by atoms with Crippen LogP contribution in [-0.2, 0) is 0 Å². The van der Waals surface area contributed by atoms with Gasteiger partial charge in [0.1, 0.15) is 24.1 Å². The molecule has 2 aromatic carbocycles. The van der Waals surface area contributed by atoms with Gasteiger partial charge in [0.05, 0.1) is 13.2 Å². The van der Waals surface area contributed by atoms with Crippen molar-refractivity contribution >= 4 is 12.6 Å². The summed E-state index contributed by atoms with van der Waals surface area (Å²) in [5, 5.41) is 0. The minimum atomic E-state index is 0.679. The topological polar surface area (TPSA) is 52.6 Å². The van der Waals surface area contributed by atoms with E-state index in [-0.39, 0.29) is 0 Å². The van der Waals surface area contributed by atoms with Crippen LogP contribution in [0.25, 0.3) is 0 Å². The van der Waals surface area contributed by atoms with E-state index >= 15 is 0 Å². The first-order valence-corrected chi connectivity index (χ1v) is 11.2. The normalized spacial score (nSPS) is 10.5. The first-order valence-electron chi connectivity index (χ1n) is 11.2. The Balaban J connectivity index is 1.33. The molecule has 0 aliphatic carbocycles. The molecule has 0 radical (unpaired) electrons. The molecule has 0 unspecified atom stereocenters. The van der Waals surface area contributed by atoms with Gasteiger partial charge in [0.2, 0.25) is 0 Å². The van der Waals surface area contributed by atoms with Crippen molar-refractivity contribution in [1.29, 1.82) is 0 Å². The van der Waals surface area contributed by atoms with Crippen LogP contribution >= 0.6 is 0 Å². The highest BCUT2D eigenvalue weighted by molar-refractivity contribution is 5.75. The Morgan fingerprint density at radius 2 is 0.767 bits per heavy atom. The van der Waals surface area contributed by atoms with Gasteiger partial charge in [0.25, 0.3) is 0 Å². The molecule has 0 aromatic heterocycles. The predicted octanol–water partition coefficient (Wildman–Crippen LogP) is 6.67. The number of carbonyl (C=O) groups excluding carboxylic acids is 2. The Morgan fingerprint density at radius 3 is 1.07 bits per heavy atom. The number of hydrogen-bond acceptors (Lipinski definition) is 4. The lowest BCUT2D eigenvalue weighted by Crippen LogP contribution is -1.97. The largest absolute Gasteiger partial charge is 0.494 e. The van der Waals surface area contributed by atoms with Crippen LogP contribution in [0.1, 0.15) is 84.9 Å². The fourth-order valence-electron chi connectivity index (χ4n) is 3.28. The van der Waals surface area contributed by atoms with E-state index in [0.29, 0.717) is 11.1 Å². The van der Waals surface area contributed by atoms with Crippen LogP contribution in [0, 0.1) is 0 Å². The number of carbonyl (C=O) groups is 2. The first kappa shape index (κ1) is 23.7. The molecule has 162 valence electrons. The van der Waals surface area contributed by atoms with Crippen LogP contribution in [0.2, 0.25) is 0 Å². The summed E-state index contributed by atoms with van der Waals surface area (Å²) in [4.78, 5) is 21.2. The fourth-order valence-corrected chi connectivity index (χ4v) is 3.28. The molecule has 0 aliphatic heterocycles. The molecule has 4 heteroatoms. The average Bonchev–Trinajstić information content (AvgIpc) is 2.80. The lowest BCUT2D eigenvalue weighted by Gasteiger charge is -2.07. The number of aldehydes is 2. The molecule has 0 aliphatic rings. The molecule has 2 rings (SSSR count). The van der Waals surface area contributed by atoms with E-state index < -0.39 is 0 Å². The Morgan fingerprint density at radius 1 is 0.467 bits per heavy atom. The molecule has 0 spiro atoms. The van der Waals surface area contributed by atoms with Crippen LogP contribution < -0.4 is 9.47 Å². The molecular formula is C26H34O4. The maximum Gasteiger partial charge on any atom is 0.150 e. The molecule has 0 amide bonds. The van der Waals surface area contributed by atoms with Crippen LogP contribution in [-0.4, -0.2) is 25.8 Å². The van der Waals surface area contributed by atoms with Crippen molar-refractivity contribution in [2.45, 2.75) is 64.2 Å². The van der Waals surface area contributed by atoms with Gasteiger partial charge < -0.3 is 9.47 Å². The summed E-state index contributed by atoms with van der Waals surface area (Å²) < 4.78 is 11.4. The summed E-state index contributed by atoms with van der Waals surface area (Å²) in [7, 11) is 0. The zero-order valence-corrected chi connectivity index (χ0v) is 17.9. The van der Waals surface area contributed by atoms with Crippen molar-refractivity contribution in [2.24, 2.45) is 0 Å². The second kappa shape index (κ2) is 15.3. The van der Waals surface area contributed by atoms with E-state index in [0.717, 1.165) is 50.1 Å². The van der Waals surface area contributed by atoms with Crippen molar-refractivity contribution in [3.05, 3.63) is 59.7 Å². The molecule has 4 nitrogen and oxygen atoms in total. The van der Waals surface area contributed by atoms with Crippen molar-refractivity contribution in [3.8, 4) is 11.5 Å². The Labute approximate surface area is 180 Å². The number of unbranched alkanes of at least 4 members (excludes halogenated alkanes) is 9. The molecule has 0 atom stereocenters. The number of ether oxygens (including phenoxy) is 2. The summed E-state index contributed by atoms with van der Waals surface area (Å²) in [5.74, 6) is 1.67. The van der Waals surface area contributed by atoms with Gasteiger partial charge >= 0.3 is 0 Å². The Kier molecular flexibility index (Phi) is 12.0. The van der Waals surface area contributed by atoms with Gasteiger partial charge in [-0.2, -0.15) is 0 Å². The van der Waals surface area contributed by atoms with E-state index in [9.17, 15) is 9.59 Å². The zero-order chi connectivity index (χ0) is 21.3. The summed E-state index contributed by atoms with van der Waals surface area (Å²) in [6.45, 7) is 1.48. The standard InChI is InChI=1S/C26H34O4/c27-21-23-11-15-25(16-12-23)29-19-9-7-5-3-1-2-4-6-8-10-20-30-26-17-13-24(22-28)14-18-26/h11-18,21-22H,1-10,19-20H2. The summed E-state index contributed by atoms with van der Waals surface area (Å²) >= 11 is 0. The molecule has 0 saturated carbocycles. The minimum absolute atomic E-state index is 0.679. The highest BCUT2D eigenvalue weighted by Gasteiger charge is 1.97. The fraction of sp³-hybridized carbons (Fsp3) is 0.462. The maximum absolute atomic E-state index is 10.6. The van der Waals surface area contributed by atoms with Crippen LogP contribution in [0.3, 0.4) is 0 Å². The van der Waals surface area contributed by atoms with Crippen LogP contribution in [0.5, 0.6) is 11.5 Å². The molecule has 0 bridgehead atoms. The lowest BCUT2D eigenvalue weighted by molar-refractivity contribution is 0.111. The zero-order valence-electron chi connectivity index (χ0n) is 17.9. The van der Waals surface area contributed by atoms with Crippen molar-refractivity contribution in [1.82, 2.24) is 0 Å². The van der Waals surface area contributed by atoms with Crippen LogP contribution in [0.4, 0.5) is 0 Å². The van der Waals surface area contributed by atoms with E-state index in [1.807, 2.05) is 24.3 Å². The van der Waals surface area contributed by atoms with Crippen molar-refractivity contribution < 1.29 is 19.1 Å². The SMILES string of the molecule is O=Cc1ccc(OCCCCCCCCCCCCOc2ccc(C=O)cc2)cc1. The summed E-state index contributed by atoms with van der Waals surface area (Å²) in [6.07, 6.45) is 14.0. The smallest absolute Gasteiger partial charge is 0.150 e. The predicted molar refractivity (Wildman–Crippen MR) is 121 cm³/mol. The summed E-state index contributed by atoms with van der Waals surface area (Å²) in [6, 6.07) is 14.5. The van der Waals surface area contributed by atoms with Crippen molar-refractivity contribution in [3.63, 3.8) is 0 Å². The Hall–Kier alpha value is -2.62. The van der Waals surface area contributed by atoms with Gasteiger partial charge in [-0.1, -0.05) is 51.4 Å². The van der Waals surface area contributed by atoms with Gasteiger partial charge in [-0.15, -0.1) is 0 Å². The number of hydrogen-bond donors (Lipinski definition) is 0. The highest BCUT2D eigenvalue weighted by Crippen LogP contribution is 2.15. The summed E-state index contributed by atoms with van der Waals surface area (Å²) in [5.41, 5.74) is 1.36.